The van der Waals surface area contributed by atoms with Crippen molar-refractivity contribution in [2.24, 2.45) is 0 Å². The molecular formula is C19H29N3O4S. The molecule has 0 bridgehead atoms. The van der Waals surface area contributed by atoms with E-state index >= 15 is 0 Å². The van der Waals surface area contributed by atoms with E-state index in [0.717, 1.165) is 37.3 Å². The third-order valence-corrected chi connectivity index (χ3v) is 5.74. The van der Waals surface area contributed by atoms with Gasteiger partial charge in [-0.05, 0) is 45.3 Å². The highest BCUT2D eigenvalue weighted by atomic mass is 32.1. The molecule has 0 radical (unpaired) electrons. The Balaban J connectivity index is 2.22. The van der Waals surface area contributed by atoms with E-state index in [1.165, 1.54) is 17.7 Å². The van der Waals surface area contributed by atoms with Gasteiger partial charge in [-0.3, -0.25) is 14.5 Å². The van der Waals surface area contributed by atoms with Crippen LogP contribution in [0.2, 0.25) is 0 Å². The number of thiophene rings is 1. The Bertz CT molecular complexity index is 691. The molecule has 1 fully saturated rings. The second-order valence-corrected chi connectivity index (χ2v) is 7.94. The molecule has 1 saturated heterocycles. The molecule has 2 rings (SSSR count). The van der Waals surface area contributed by atoms with Gasteiger partial charge in [-0.25, -0.2) is 4.79 Å². The summed E-state index contributed by atoms with van der Waals surface area (Å²) in [4.78, 5) is 41.4. The molecular weight excluding hydrogens is 366 g/mol. The predicted octanol–water partition coefficient (Wildman–Crippen LogP) is 2.75. The maximum absolute atomic E-state index is 12.6. The number of hydrogen-bond acceptors (Lipinski definition) is 6. The van der Waals surface area contributed by atoms with Crippen molar-refractivity contribution in [1.82, 2.24) is 9.80 Å². The molecule has 1 N–H and O–H groups in total. The molecule has 1 aliphatic heterocycles. The van der Waals surface area contributed by atoms with E-state index in [1.807, 2.05) is 0 Å². The van der Waals surface area contributed by atoms with Gasteiger partial charge in [0.1, 0.15) is 5.00 Å². The lowest BCUT2D eigenvalue weighted by Gasteiger charge is -2.18. The van der Waals surface area contributed by atoms with Gasteiger partial charge in [0, 0.05) is 14.1 Å². The fourth-order valence-electron chi connectivity index (χ4n) is 3.12. The van der Waals surface area contributed by atoms with Crippen molar-refractivity contribution in [3.05, 3.63) is 16.0 Å². The maximum Gasteiger partial charge on any atom is 0.341 e. The summed E-state index contributed by atoms with van der Waals surface area (Å²) in [7, 11) is 3.31. The quantitative estimate of drug-likeness (QED) is 0.750. The number of rotatable bonds is 6. The third kappa shape index (κ3) is 5.52. The normalized spacial score (nSPS) is 15.1. The second-order valence-electron chi connectivity index (χ2n) is 6.92. The van der Waals surface area contributed by atoms with Gasteiger partial charge in [-0.2, -0.15) is 0 Å². The molecule has 0 unspecified atom stereocenters. The summed E-state index contributed by atoms with van der Waals surface area (Å²) in [6, 6.07) is 0. The van der Waals surface area contributed by atoms with Crippen molar-refractivity contribution in [2.45, 2.75) is 39.5 Å². The smallest absolute Gasteiger partial charge is 0.341 e. The first kappa shape index (κ1) is 21.4. The van der Waals surface area contributed by atoms with Crippen molar-refractivity contribution in [2.75, 3.05) is 45.7 Å². The summed E-state index contributed by atoms with van der Waals surface area (Å²) in [5.74, 6) is -0.891. The molecule has 0 atom stereocenters. The highest BCUT2D eigenvalue weighted by molar-refractivity contribution is 7.18. The van der Waals surface area contributed by atoms with Crippen LogP contribution in [-0.4, -0.2) is 67.9 Å². The van der Waals surface area contributed by atoms with Crippen LogP contribution in [0.4, 0.5) is 5.00 Å². The zero-order valence-electron chi connectivity index (χ0n) is 16.6. The topological polar surface area (TPSA) is 79.0 Å². The highest BCUT2D eigenvalue weighted by Gasteiger charge is 2.27. The van der Waals surface area contributed by atoms with Gasteiger partial charge >= 0.3 is 5.97 Å². The van der Waals surface area contributed by atoms with Crippen molar-refractivity contribution in [3.63, 3.8) is 0 Å². The zero-order valence-corrected chi connectivity index (χ0v) is 17.4. The Kier molecular flexibility index (Phi) is 7.79. The van der Waals surface area contributed by atoms with Gasteiger partial charge in [0.15, 0.2) is 0 Å². The molecule has 1 aromatic rings. The van der Waals surface area contributed by atoms with Gasteiger partial charge in [-0.1, -0.05) is 12.8 Å². The number of nitrogens with one attached hydrogen (secondary N) is 1. The van der Waals surface area contributed by atoms with Gasteiger partial charge < -0.3 is 15.0 Å². The van der Waals surface area contributed by atoms with Crippen LogP contribution < -0.4 is 5.32 Å². The van der Waals surface area contributed by atoms with E-state index in [-0.39, 0.29) is 30.5 Å². The molecule has 150 valence electrons. The number of esters is 1. The molecule has 0 spiro atoms. The van der Waals surface area contributed by atoms with Crippen molar-refractivity contribution >= 4 is 34.1 Å². The molecule has 1 aliphatic rings. The van der Waals surface area contributed by atoms with Crippen LogP contribution >= 0.6 is 11.3 Å². The average Bonchev–Trinajstić information content (AvgIpc) is 2.76. The monoisotopic (exact) mass is 395 g/mol. The third-order valence-electron chi connectivity index (χ3n) is 4.55. The number of carbonyl (C=O) groups excluding carboxylic acids is 3. The SMILES string of the molecule is CCOC(=O)c1c(NC(=O)CN2CCCCCC2)sc(C(=O)N(C)C)c1C. The summed E-state index contributed by atoms with van der Waals surface area (Å²) in [6.07, 6.45) is 4.60. The first-order valence-electron chi connectivity index (χ1n) is 9.39. The summed E-state index contributed by atoms with van der Waals surface area (Å²) in [5, 5.41) is 3.22. The fourth-order valence-corrected chi connectivity index (χ4v) is 4.35. The number of likely N-dealkylation sites (tertiary alicyclic amines) is 1. The lowest BCUT2D eigenvalue weighted by atomic mass is 10.1. The fraction of sp³-hybridized carbons (Fsp3) is 0.632. The van der Waals surface area contributed by atoms with E-state index < -0.39 is 5.97 Å². The maximum atomic E-state index is 12.6. The molecule has 1 aromatic heterocycles. The number of ether oxygens (including phenoxy) is 1. The molecule has 0 aromatic carbocycles. The number of anilines is 1. The minimum Gasteiger partial charge on any atom is -0.462 e. The van der Waals surface area contributed by atoms with Gasteiger partial charge in [0.2, 0.25) is 5.91 Å². The van der Waals surface area contributed by atoms with Crippen LogP contribution in [0.15, 0.2) is 0 Å². The first-order valence-corrected chi connectivity index (χ1v) is 10.2. The predicted molar refractivity (Wildman–Crippen MR) is 107 cm³/mol. The largest absolute Gasteiger partial charge is 0.462 e. The summed E-state index contributed by atoms with van der Waals surface area (Å²) in [5.41, 5.74) is 0.818. The Morgan fingerprint density at radius 1 is 1.15 bits per heavy atom. The van der Waals surface area contributed by atoms with E-state index in [4.69, 9.17) is 4.74 Å². The Labute approximate surface area is 164 Å². The van der Waals surface area contributed by atoms with Gasteiger partial charge in [0.25, 0.3) is 5.91 Å². The van der Waals surface area contributed by atoms with E-state index in [0.29, 0.717) is 15.4 Å². The van der Waals surface area contributed by atoms with Crippen molar-refractivity contribution in [1.29, 1.82) is 0 Å². The van der Waals surface area contributed by atoms with E-state index in [2.05, 4.69) is 10.2 Å². The minimum atomic E-state index is -0.519. The van der Waals surface area contributed by atoms with Crippen LogP contribution in [-0.2, 0) is 9.53 Å². The van der Waals surface area contributed by atoms with Crippen LogP contribution in [0.1, 0.15) is 58.2 Å². The lowest BCUT2D eigenvalue weighted by molar-refractivity contribution is -0.117. The molecule has 8 heteroatoms. The number of nitrogens with zero attached hydrogens (tertiary/aromatic N) is 2. The summed E-state index contributed by atoms with van der Waals surface area (Å²) >= 11 is 1.13. The molecule has 0 saturated carbocycles. The Morgan fingerprint density at radius 2 is 1.78 bits per heavy atom. The van der Waals surface area contributed by atoms with Gasteiger partial charge in [-0.15, -0.1) is 11.3 Å². The second kappa shape index (κ2) is 9.85. The van der Waals surface area contributed by atoms with Crippen molar-refractivity contribution in [3.8, 4) is 0 Å². The number of amides is 2. The van der Waals surface area contributed by atoms with Gasteiger partial charge in [0.05, 0.1) is 23.6 Å². The highest BCUT2D eigenvalue weighted by Crippen LogP contribution is 2.34. The first-order chi connectivity index (χ1) is 12.8. The van der Waals surface area contributed by atoms with Crippen LogP contribution in [0.3, 0.4) is 0 Å². The lowest BCUT2D eigenvalue weighted by Crippen LogP contribution is -2.34. The number of carbonyl (C=O) groups is 3. The molecule has 0 aliphatic carbocycles. The number of hydrogen-bond donors (Lipinski definition) is 1. The average molecular weight is 396 g/mol. The zero-order chi connectivity index (χ0) is 20.0. The van der Waals surface area contributed by atoms with Crippen LogP contribution in [0.25, 0.3) is 0 Å². The van der Waals surface area contributed by atoms with Crippen LogP contribution in [0.5, 0.6) is 0 Å². The summed E-state index contributed by atoms with van der Waals surface area (Å²) < 4.78 is 5.13. The van der Waals surface area contributed by atoms with E-state index in [1.54, 1.807) is 27.9 Å². The summed E-state index contributed by atoms with van der Waals surface area (Å²) in [6.45, 7) is 5.77. The molecule has 27 heavy (non-hydrogen) atoms. The molecule has 7 nitrogen and oxygen atoms in total. The van der Waals surface area contributed by atoms with E-state index in [9.17, 15) is 14.4 Å². The minimum absolute atomic E-state index is 0.174. The van der Waals surface area contributed by atoms with Crippen LogP contribution in [0, 0.1) is 6.92 Å². The standard InChI is InChI=1S/C19H29N3O4S/c1-5-26-19(25)15-13(2)16(18(24)21(3)4)27-17(15)20-14(23)12-22-10-8-6-7-9-11-22/h5-12H2,1-4H3,(H,20,23). The van der Waals surface area contributed by atoms with Crippen molar-refractivity contribution < 1.29 is 19.1 Å². The Hall–Kier alpha value is -1.93. The molecule has 2 heterocycles. The molecule has 2 amide bonds. The Morgan fingerprint density at radius 3 is 2.33 bits per heavy atom.